The van der Waals surface area contributed by atoms with Crippen LogP contribution in [0.4, 0.5) is 14.5 Å². The lowest BCUT2D eigenvalue weighted by molar-refractivity contribution is 0.0521. The van der Waals surface area contributed by atoms with E-state index < -0.39 is 33.3 Å². The Hall–Kier alpha value is -2.42. The average Bonchev–Trinajstić information content (AvgIpc) is 2.78. The summed E-state index contributed by atoms with van der Waals surface area (Å²) in [6, 6.07) is 2.38. The molecule has 0 saturated carbocycles. The van der Waals surface area contributed by atoms with Crippen LogP contribution in [0.5, 0.6) is 0 Å². The number of ether oxygens (including phenoxy) is 1. The predicted molar refractivity (Wildman–Crippen MR) is 83.4 cm³/mol. The molecule has 0 amide bonds. The number of halogens is 2. The zero-order valence-electron chi connectivity index (χ0n) is 13.2. The maximum atomic E-state index is 13.7. The zero-order chi connectivity index (χ0) is 18.1. The second kappa shape index (κ2) is 6.60. The molecular formula is C15H16F2N2O4S. The summed E-state index contributed by atoms with van der Waals surface area (Å²) in [5.41, 5.74) is -0.243. The average molecular weight is 358 g/mol. The zero-order valence-corrected chi connectivity index (χ0v) is 14.1. The Morgan fingerprint density at radius 1 is 1.25 bits per heavy atom. The van der Waals surface area contributed by atoms with E-state index in [1.54, 1.807) is 6.92 Å². The molecule has 0 bridgehead atoms. The summed E-state index contributed by atoms with van der Waals surface area (Å²) in [4.78, 5) is 14.4. The highest BCUT2D eigenvalue weighted by Crippen LogP contribution is 2.27. The van der Waals surface area contributed by atoms with E-state index in [4.69, 9.17) is 4.74 Å². The van der Waals surface area contributed by atoms with Gasteiger partial charge in [-0.15, -0.1) is 0 Å². The molecule has 0 aliphatic carbocycles. The van der Waals surface area contributed by atoms with E-state index in [0.717, 1.165) is 12.1 Å². The van der Waals surface area contributed by atoms with Gasteiger partial charge in [0.1, 0.15) is 22.1 Å². The normalized spacial score (nSPS) is 11.4. The number of carbonyl (C=O) groups excluding carboxylic acids is 1. The van der Waals surface area contributed by atoms with Crippen molar-refractivity contribution in [1.29, 1.82) is 0 Å². The summed E-state index contributed by atoms with van der Waals surface area (Å²) in [5.74, 6) is -2.57. The number of aromatic amines is 1. The lowest BCUT2D eigenvalue weighted by Gasteiger charge is -2.11. The maximum Gasteiger partial charge on any atom is 0.341 e. The Morgan fingerprint density at radius 2 is 1.92 bits per heavy atom. The molecule has 0 unspecified atom stereocenters. The molecule has 0 spiro atoms. The molecule has 0 radical (unpaired) electrons. The van der Waals surface area contributed by atoms with Crippen molar-refractivity contribution in [2.75, 3.05) is 11.3 Å². The minimum absolute atomic E-state index is 0.0634. The van der Waals surface area contributed by atoms with E-state index in [0.29, 0.717) is 11.8 Å². The molecule has 1 aromatic carbocycles. The number of anilines is 1. The smallest absolute Gasteiger partial charge is 0.341 e. The molecule has 24 heavy (non-hydrogen) atoms. The molecule has 2 aromatic rings. The van der Waals surface area contributed by atoms with E-state index in [1.807, 2.05) is 4.72 Å². The third-order valence-electron chi connectivity index (χ3n) is 3.24. The van der Waals surface area contributed by atoms with Crippen LogP contribution in [0.3, 0.4) is 0 Å². The fourth-order valence-electron chi connectivity index (χ4n) is 2.31. The molecule has 130 valence electrons. The molecule has 9 heteroatoms. The van der Waals surface area contributed by atoms with E-state index >= 15 is 0 Å². The maximum absolute atomic E-state index is 13.7. The van der Waals surface area contributed by atoms with Crippen molar-refractivity contribution in [2.24, 2.45) is 0 Å². The summed E-state index contributed by atoms with van der Waals surface area (Å²) in [7, 11) is -4.35. The molecule has 0 saturated heterocycles. The number of esters is 1. The molecule has 0 fully saturated rings. The first kappa shape index (κ1) is 17.9. The molecule has 2 rings (SSSR count). The third kappa shape index (κ3) is 3.40. The molecule has 0 aliphatic rings. The Balaban J connectivity index is 2.54. The minimum atomic E-state index is -4.35. The Labute approximate surface area is 137 Å². The van der Waals surface area contributed by atoms with Gasteiger partial charge in [0, 0.05) is 17.5 Å². The van der Waals surface area contributed by atoms with E-state index in [-0.39, 0.29) is 22.8 Å². The van der Waals surface area contributed by atoms with Gasteiger partial charge >= 0.3 is 5.97 Å². The second-order valence-electron chi connectivity index (χ2n) is 5.03. The van der Waals surface area contributed by atoms with Crippen LogP contribution in [0, 0.1) is 25.5 Å². The standard InChI is InChI=1S/C15H16F2N2O4S/c1-4-23-15(20)13-8(2)18-9(3)14(13)24(21,22)19-12-7-10(16)5-6-11(12)17/h5-7,18-19H,4H2,1-3H3. The number of sulfonamides is 1. The number of hydrogen-bond acceptors (Lipinski definition) is 4. The summed E-state index contributed by atoms with van der Waals surface area (Å²) in [6.45, 7) is 4.61. The van der Waals surface area contributed by atoms with Gasteiger partial charge in [-0.05, 0) is 32.9 Å². The molecule has 0 atom stereocenters. The lowest BCUT2D eigenvalue weighted by atomic mass is 10.2. The topological polar surface area (TPSA) is 88.3 Å². The van der Waals surface area contributed by atoms with Crippen LogP contribution in [-0.2, 0) is 14.8 Å². The first-order chi connectivity index (χ1) is 11.2. The first-order valence-corrected chi connectivity index (χ1v) is 8.49. The summed E-state index contributed by atoms with van der Waals surface area (Å²) >= 11 is 0. The SMILES string of the molecule is CCOC(=O)c1c(C)[nH]c(C)c1S(=O)(=O)Nc1cc(F)ccc1F. The van der Waals surface area contributed by atoms with Crippen LogP contribution < -0.4 is 4.72 Å². The van der Waals surface area contributed by atoms with Gasteiger partial charge < -0.3 is 9.72 Å². The van der Waals surface area contributed by atoms with Gasteiger partial charge in [-0.25, -0.2) is 22.0 Å². The quantitative estimate of drug-likeness (QED) is 0.805. The Kier molecular flexibility index (Phi) is 4.93. The summed E-state index contributed by atoms with van der Waals surface area (Å²) < 4.78 is 59.0. The van der Waals surface area contributed by atoms with E-state index in [1.165, 1.54) is 13.8 Å². The van der Waals surface area contributed by atoms with E-state index in [9.17, 15) is 22.0 Å². The number of aryl methyl sites for hydroxylation is 2. The number of nitrogens with one attached hydrogen (secondary N) is 2. The monoisotopic (exact) mass is 358 g/mol. The highest BCUT2D eigenvalue weighted by Gasteiger charge is 2.30. The fraction of sp³-hybridized carbons (Fsp3) is 0.267. The van der Waals surface area contributed by atoms with Crippen molar-refractivity contribution in [3.63, 3.8) is 0 Å². The molecule has 6 nitrogen and oxygen atoms in total. The number of hydrogen-bond donors (Lipinski definition) is 2. The third-order valence-corrected chi connectivity index (χ3v) is 4.78. The van der Waals surface area contributed by atoms with Crippen molar-refractivity contribution in [1.82, 2.24) is 4.98 Å². The summed E-state index contributed by atoms with van der Waals surface area (Å²) in [6.07, 6.45) is 0. The van der Waals surface area contributed by atoms with Gasteiger partial charge in [0.25, 0.3) is 10.0 Å². The van der Waals surface area contributed by atoms with Gasteiger partial charge in [-0.2, -0.15) is 0 Å². The van der Waals surface area contributed by atoms with Crippen LogP contribution >= 0.6 is 0 Å². The van der Waals surface area contributed by atoms with Gasteiger partial charge in [0.15, 0.2) is 0 Å². The van der Waals surface area contributed by atoms with Crippen molar-refractivity contribution >= 4 is 21.7 Å². The highest BCUT2D eigenvalue weighted by atomic mass is 32.2. The van der Waals surface area contributed by atoms with Gasteiger partial charge in [0.05, 0.1) is 12.3 Å². The number of benzene rings is 1. The second-order valence-corrected chi connectivity index (χ2v) is 6.65. The first-order valence-electron chi connectivity index (χ1n) is 7.01. The number of carbonyl (C=O) groups is 1. The molecule has 1 heterocycles. The van der Waals surface area contributed by atoms with Crippen LogP contribution in [-0.4, -0.2) is 26.0 Å². The largest absolute Gasteiger partial charge is 0.462 e. The number of aromatic nitrogens is 1. The Morgan fingerprint density at radius 3 is 2.54 bits per heavy atom. The van der Waals surface area contributed by atoms with Crippen LogP contribution in [0.15, 0.2) is 23.1 Å². The molecule has 1 aromatic heterocycles. The number of H-pyrrole nitrogens is 1. The van der Waals surface area contributed by atoms with Gasteiger partial charge in [-0.3, -0.25) is 4.72 Å². The molecule has 2 N–H and O–H groups in total. The summed E-state index contributed by atoms with van der Waals surface area (Å²) in [5, 5.41) is 0. The van der Waals surface area contributed by atoms with Gasteiger partial charge in [0.2, 0.25) is 0 Å². The van der Waals surface area contributed by atoms with Crippen molar-refractivity contribution < 1.29 is 26.7 Å². The highest BCUT2D eigenvalue weighted by molar-refractivity contribution is 7.92. The van der Waals surface area contributed by atoms with Gasteiger partial charge in [-0.1, -0.05) is 0 Å². The van der Waals surface area contributed by atoms with Crippen molar-refractivity contribution in [2.45, 2.75) is 25.7 Å². The predicted octanol–water partition coefficient (Wildman–Crippen LogP) is 2.89. The van der Waals surface area contributed by atoms with Crippen LogP contribution in [0.2, 0.25) is 0 Å². The molecular weight excluding hydrogens is 342 g/mol. The fourth-order valence-corrected chi connectivity index (χ4v) is 3.82. The van der Waals surface area contributed by atoms with Crippen molar-refractivity contribution in [3.8, 4) is 0 Å². The van der Waals surface area contributed by atoms with Crippen molar-refractivity contribution in [3.05, 3.63) is 46.8 Å². The van der Waals surface area contributed by atoms with E-state index in [2.05, 4.69) is 4.98 Å². The van der Waals surface area contributed by atoms with Crippen LogP contribution in [0.1, 0.15) is 28.7 Å². The number of rotatable bonds is 5. The van der Waals surface area contributed by atoms with Crippen LogP contribution in [0.25, 0.3) is 0 Å². The Bertz CT molecular complexity index is 891. The lowest BCUT2D eigenvalue weighted by Crippen LogP contribution is -2.18. The minimum Gasteiger partial charge on any atom is -0.462 e. The molecule has 0 aliphatic heterocycles.